The molecule has 0 aliphatic heterocycles. The molecule has 3 rings (SSSR count). The van der Waals surface area contributed by atoms with Gasteiger partial charge in [0.2, 0.25) is 11.8 Å². The summed E-state index contributed by atoms with van der Waals surface area (Å²) >= 11 is 2.05. The van der Waals surface area contributed by atoms with Crippen LogP contribution in [0.1, 0.15) is 24.0 Å². The molecule has 230 valence electrons. The van der Waals surface area contributed by atoms with Crippen LogP contribution in [0.5, 0.6) is 17.2 Å². The maximum absolute atomic E-state index is 13.5. The molecule has 12 heteroatoms. The lowest BCUT2D eigenvalue weighted by Gasteiger charge is -2.41. The number of nitrogens with one attached hydrogen (secondary N) is 1. The molecule has 42 heavy (non-hydrogen) atoms. The number of carbonyl (C=O) groups is 2. The van der Waals surface area contributed by atoms with Crippen molar-refractivity contribution in [3.63, 3.8) is 0 Å². The molecule has 0 spiro atoms. The van der Waals surface area contributed by atoms with Gasteiger partial charge in [-0.1, -0.05) is 12.1 Å². The molecule has 0 heterocycles. The molecular formula is C30H39IN2O9. The molecule has 0 saturated heterocycles. The van der Waals surface area contributed by atoms with Gasteiger partial charge in [0.1, 0.15) is 18.0 Å². The first-order valence-corrected chi connectivity index (χ1v) is 14.7. The van der Waals surface area contributed by atoms with E-state index >= 15 is 0 Å². The van der Waals surface area contributed by atoms with Gasteiger partial charge in [-0.3, -0.25) is 9.59 Å². The Balaban J connectivity index is 1.99. The fraction of sp³-hybridized carbons (Fsp3) is 0.467. The highest BCUT2D eigenvalue weighted by Crippen LogP contribution is 2.37. The first kappa shape index (κ1) is 33.6. The lowest BCUT2D eigenvalue weighted by atomic mass is 9.87. The molecule has 2 amide bonds. The standard InChI is InChI=1S/C30H39IN2O9/c1-39-12-8-27(36)33(10-7-19-5-4-6-22(13-19)40-2)24-16-21(30(38)32-9-11-34)17-25(28(24)37)42-29-23(31)14-20(18-35)15-26(29)41-3/h4-6,13-15,17,24-25,28,34-35,37H,7-12,16,18H2,1-3H3,(H,32,38). The Kier molecular flexibility index (Phi) is 13.3. The summed E-state index contributed by atoms with van der Waals surface area (Å²) in [5, 5.41) is 33.2. The Morgan fingerprint density at radius 1 is 1.10 bits per heavy atom. The number of benzene rings is 2. The number of hydrogen-bond donors (Lipinski definition) is 4. The highest BCUT2D eigenvalue weighted by atomic mass is 127. The van der Waals surface area contributed by atoms with Crippen LogP contribution < -0.4 is 19.5 Å². The van der Waals surface area contributed by atoms with Gasteiger partial charge in [-0.25, -0.2) is 0 Å². The number of aliphatic hydroxyl groups is 3. The monoisotopic (exact) mass is 698 g/mol. The Morgan fingerprint density at radius 3 is 2.55 bits per heavy atom. The summed E-state index contributed by atoms with van der Waals surface area (Å²) in [7, 11) is 4.57. The van der Waals surface area contributed by atoms with Crippen molar-refractivity contribution in [1.82, 2.24) is 10.2 Å². The van der Waals surface area contributed by atoms with Crippen molar-refractivity contribution in [3.05, 3.63) is 62.7 Å². The van der Waals surface area contributed by atoms with E-state index in [1.165, 1.54) is 14.2 Å². The van der Waals surface area contributed by atoms with Gasteiger partial charge in [0, 0.05) is 32.2 Å². The van der Waals surface area contributed by atoms with E-state index in [2.05, 4.69) is 27.9 Å². The summed E-state index contributed by atoms with van der Waals surface area (Å²) in [5.74, 6) is 0.714. The normalized spacial score (nSPS) is 18.2. The van der Waals surface area contributed by atoms with Crippen LogP contribution in [-0.4, -0.2) is 97.9 Å². The van der Waals surface area contributed by atoms with Crippen molar-refractivity contribution >= 4 is 34.4 Å². The number of aliphatic hydroxyl groups excluding tert-OH is 3. The Hall–Kier alpha value is -2.91. The number of amides is 2. The van der Waals surface area contributed by atoms with Gasteiger partial charge in [-0.15, -0.1) is 0 Å². The van der Waals surface area contributed by atoms with Crippen molar-refractivity contribution in [2.24, 2.45) is 0 Å². The largest absolute Gasteiger partial charge is 0.497 e. The van der Waals surface area contributed by atoms with Crippen LogP contribution in [0.3, 0.4) is 0 Å². The van der Waals surface area contributed by atoms with Crippen molar-refractivity contribution in [3.8, 4) is 17.2 Å². The van der Waals surface area contributed by atoms with Gasteiger partial charge in [-0.2, -0.15) is 0 Å². The van der Waals surface area contributed by atoms with Gasteiger partial charge in [0.05, 0.1) is 50.1 Å². The first-order valence-electron chi connectivity index (χ1n) is 13.6. The second kappa shape index (κ2) is 16.7. The van der Waals surface area contributed by atoms with E-state index in [0.29, 0.717) is 38.4 Å². The van der Waals surface area contributed by atoms with Gasteiger partial charge < -0.3 is 44.5 Å². The van der Waals surface area contributed by atoms with Crippen LogP contribution in [0.25, 0.3) is 0 Å². The fourth-order valence-electron chi connectivity index (χ4n) is 4.78. The van der Waals surface area contributed by atoms with Crippen LogP contribution in [0, 0.1) is 3.57 Å². The third-order valence-corrected chi connectivity index (χ3v) is 7.76. The molecular weight excluding hydrogens is 659 g/mol. The van der Waals surface area contributed by atoms with E-state index in [0.717, 1.165) is 5.56 Å². The lowest BCUT2D eigenvalue weighted by molar-refractivity contribution is -0.139. The third-order valence-electron chi connectivity index (χ3n) is 6.96. The average Bonchev–Trinajstić information content (AvgIpc) is 3.00. The SMILES string of the molecule is COCCC(=O)N(CCc1cccc(OC)c1)C1CC(C(=O)NCCO)=CC(Oc2c(I)cc(CO)cc2OC)C1O. The molecule has 3 atom stereocenters. The van der Waals surface area contributed by atoms with Crippen LogP contribution >= 0.6 is 22.6 Å². The number of halogens is 1. The zero-order valence-corrected chi connectivity index (χ0v) is 26.2. The maximum atomic E-state index is 13.5. The number of methoxy groups -OCH3 is 3. The molecule has 4 N–H and O–H groups in total. The zero-order chi connectivity index (χ0) is 30.6. The Labute approximate surface area is 259 Å². The molecule has 1 aliphatic rings. The molecule has 0 bridgehead atoms. The van der Waals surface area contributed by atoms with Crippen LogP contribution in [0.4, 0.5) is 0 Å². The number of hydrogen-bond acceptors (Lipinski definition) is 9. The summed E-state index contributed by atoms with van der Waals surface area (Å²) in [6.45, 7) is 0.0856. The highest BCUT2D eigenvalue weighted by molar-refractivity contribution is 14.1. The first-order chi connectivity index (χ1) is 20.3. The highest BCUT2D eigenvalue weighted by Gasteiger charge is 2.40. The van der Waals surface area contributed by atoms with Crippen LogP contribution in [-0.2, 0) is 27.4 Å². The molecule has 0 fully saturated rings. The van der Waals surface area contributed by atoms with Gasteiger partial charge >= 0.3 is 0 Å². The number of carbonyl (C=O) groups excluding carboxylic acids is 2. The van der Waals surface area contributed by atoms with E-state index in [1.54, 1.807) is 30.2 Å². The molecule has 0 radical (unpaired) electrons. The van der Waals surface area contributed by atoms with Gasteiger partial charge in [0.15, 0.2) is 11.5 Å². The molecule has 3 unspecified atom stereocenters. The molecule has 0 saturated carbocycles. The number of ether oxygens (including phenoxy) is 4. The van der Waals surface area contributed by atoms with E-state index in [-0.39, 0.29) is 51.7 Å². The second-order valence-electron chi connectivity index (χ2n) is 9.71. The predicted molar refractivity (Wildman–Crippen MR) is 164 cm³/mol. The minimum Gasteiger partial charge on any atom is -0.497 e. The summed E-state index contributed by atoms with van der Waals surface area (Å²) in [4.78, 5) is 28.2. The molecule has 11 nitrogen and oxygen atoms in total. The van der Waals surface area contributed by atoms with Gasteiger partial charge in [0.25, 0.3) is 0 Å². The molecule has 2 aromatic rings. The average molecular weight is 699 g/mol. The molecule has 0 aromatic heterocycles. The number of nitrogens with zero attached hydrogens (tertiary/aromatic N) is 1. The smallest absolute Gasteiger partial charge is 0.247 e. The topological polar surface area (TPSA) is 147 Å². The lowest BCUT2D eigenvalue weighted by Crippen LogP contribution is -2.55. The fourth-order valence-corrected chi connectivity index (χ4v) is 5.57. The Morgan fingerprint density at radius 2 is 1.88 bits per heavy atom. The zero-order valence-electron chi connectivity index (χ0n) is 24.0. The third kappa shape index (κ3) is 8.80. The van der Waals surface area contributed by atoms with Crippen LogP contribution in [0.2, 0.25) is 0 Å². The summed E-state index contributed by atoms with van der Waals surface area (Å²) in [6, 6.07) is 10.1. The van der Waals surface area contributed by atoms with Crippen molar-refractivity contribution in [2.75, 3.05) is 47.6 Å². The van der Waals surface area contributed by atoms with Gasteiger partial charge in [-0.05, 0) is 70.5 Å². The van der Waals surface area contributed by atoms with Crippen molar-refractivity contribution in [1.29, 1.82) is 0 Å². The Bertz CT molecular complexity index is 1240. The van der Waals surface area contributed by atoms with E-state index in [1.807, 2.05) is 24.3 Å². The van der Waals surface area contributed by atoms with E-state index in [9.17, 15) is 24.9 Å². The summed E-state index contributed by atoms with van der Waals surface area (Å²) < 4.78 is 22.9. The van der Waals surface area contributed by atoms with Crippen LogP contribution in [0.15, 0.2) is 48.0 Å². The van der Waals surface area contributed by atoms with Crippen molar-refractivity contribution < 1.29 is 43.9 Å². The quantitative estimate of drug-likeness (QED) is 0.205. The van der Waals surface area contributed by atoms with Crippen molar-refractivity contribution in [2.45, 2.75) is 44.1 Å². The van der Waals surface area contributed by atoms with E-state index in [4.69, 9.17) is 18.9 Å². The second-order valence-corrected chi connectivity index (χ2v) is 10.9. The minimum absolute atomic E-state index is 0.0512. The summed E-state index contributed by atoms with van der Waals surface area (Å²) in [6.07, 6.45) is -0.0251. The van der Waals surface area contributed by atoms with E-state index < -0.39 is 24.2 Å². The molecule has 1 aliphatic carbocycles. The minimum atomic E-state index is -1.20. The summed E-state index contributed by atoms with van der Waals surface area (Å²) in [5.41, 5.74) is 1.88. The maximum Gasteiger partial charge on any atom is 0.247 e. The molecule has 2 aromatic carbocycles. The predicted octanol–water partition coefficient (Wildman–Crippen LogP) is 1.82. The number of rotatable bonds is 15.